The predicted octanol–water partition coefficient (Wildman–Crippen LogP) is 4.06. The summed E-state index contributed by atoms with van der Waals surface area (Å²) in [6, 6.07) is 11.8. The number of carbonyl (C=O) groups excluding carboxylic acids is 1. The first-order chi connectivity index (χ1) is 10.3. The average molecular weight is 308 g/mol. The fraction of sp³-hybridized carbons (Fsp3) is 0.188. The monoisotopic (exact) mass is 308 g/mol. The SMILES string of the molecule is Cc1ccc(NC(=O)CNc2ccc(C(F)(F)F)cc2)cc1. The van der Waals surface area contributed by atoms with Crippen LogP contribution in [0.2, 0.25) is 0 Å². The fourth-order valence-corrected chi connectivity index (χ4v) is 1.80. The van der Waals surface area contributed by atoms with E-state index < -0.39 is 11.7 Å². The van der Waals surface area contributed by atoms with Gasteiger partial charge in [0.05, 0.1) is 12.1 Å². The Balaban J connectivity index is 1.87. The topological polar surface area (TPSA) is 41.1 Å². The van der Waals surface area contributed by atoms with Gasteiger partial charge in [0, 0.05) is 11.4 Å². The second-order valence-electron chi connectivity index (χ2n) is 4.84. The van der Waals surface area contributed by atoms with Crippen molar-refractivity contribution in [3.63, 3.8) is 0 Å². The van der Waals surface area contributed by atoms with E-state index in [1.165, 1.54) is 12.1 Å². The largest absolute Gasteiger partial charge is 0.416 e. The minimum atomic E-state index is -4.36. The van der Waals surface area contributed by atoms with Crippen molar-refractivity contribution in [2.75, 3.05) is 17.2 Å². The van der Waals surface area contributed by atoms with Gasteiger partial charge in [-0.2, -0.15) is 13.2 Å². The van der Waals surface area contributed by atoms with Crippen molar-refractivity contribution in [2.24, 2.45) is 0 Å². The Kier molecular flexibility index (Phi) is 4.70. The van der Waals surface area contributed by atoms with E-state index in [1.807, 2.05) is 19.1 Å². The third-order valence-electron chi connectivity index (χ3n) is 3.00. The van der Waals surface area contributed by atoms with Crippen molar-refractivity contribution in [3.8, 4) is 0 Å². The number of nitrogens with one attached hydrogen (secondary N) is 2. The molecule has 0 fully saturated rings. The number of amides is 1. The number of benzene rings is 2. The molecule has 2 N–H and O–H groups in total. The van der Waals surface area contributed by atoms with E-state index in [9.17, 15) is 18.0 Å². The van der Waals surface area contributed by atoms with Crippen LogP contribution in [0.4, 0.5) is 24.5 Å². The summed E-state index contributed by atoms with van der Waals surface area (Å²) in [4.78, 5) is 11.7. The van der Waals surface area contributed by atoms with Gasteiger partial charge in [0.2, 0.25) is 5.91 Å². The van der Waals surface area contributed by atoms with Gasteiger partial charge in [-0.25, -0.2) is 0 Å². The van der Waals surface area contributed by atoms with Gasteiger partial charge >= 0.3 is 6.18 Å². The van der Waals surface area contributed by atoms with Crippen molar-refractivity contribution in [3.05, 3.63) is 59.7 Å². The van der Waals surface area contributed by atoms with Crippen LogP contribution < -0.4 is 10.6 Å². The molecule has 0 aliphatic carbocycles. The lowest BCUT2D eigenvalue weighted by atomic mass is 10.2. The zero-order valence-corrected chi connectivity index (χ0v) is 11.9. The first-order valence-corrected chi connectivity index (χ1v) is 6.62. The van der Waals surface area contributed by atoms with E-state index >= 15 is 0 Å². The lowest BCUT2D eigenvalue weighted by molar-refractivity contribution is -0.137. The van der Waals surface area contributed by atoms with Crippen LogP contribution in [0.5, 0.6) is 0 Å². The summed E-state index contributed by atoms with van der Waals surface area (Å²) < 4.78 is 37.3. The van der Waals surface area contributed by atoms with Gasteiger partial charge in [-0.15, -0.1) is 0 Å². The molecule has 3 nitrogen and oxygen atoms in total. The number of halogens is 3. The average Bonchev–Trinajstić information content (AvgIpc) is 2.47. The van der Waals surface area contributed by atoms with E-state index in [0.717, 1.165) is 17.7 Å². The van der Waals surface area contributed by atoms with E-state index in [0.29, 0.717) is 11.4 Å². The van der Waals surface area contributed by atoms with Crippen LogP contribution in [-0.2, 0) is 11.0 Å². The van der Waals surface area contributed by atoms with Gasteiger partial charge < -0.3 is 10.6 Å². The molecular weight excluding hydrogens is 293 g/mol. The maximum atomic E-state index is 12.4. The minimum Gasteiger partial charge on any atom is -0.376 e. The summed E-state index contributed by atoms with van der Waals surface area (Å²) in [5.41, 5.74) is 1.49. The van der Waals surface area contributed by atoms with Crippen LogP contribution in [0.3, 0.4) is 0 Å². The molecule has 0 saturated heterocycles. The van der Waals surface area contributed by atoms with Crippen LogP contribution in [0.15, 0.2) is 48.5 Å². The van der Waals surface area contributed by atoms with Gasteiger partial charge in [-0.05, 0) is 43.3 Å². The molecule has 6 heteroatoms. The first kappa shape index (κ1) is 15.9. The third-order valence-corrected chi connectivity index (χ3v) is 3.00. The summed E-state index contributed by atoms with van der Waals surface area (Å²) in [5.74, 6) is -0.274. The number of carbonyl (C=O) groups is 1. The van der Waals surface area contributed by atoms with E-state index in [4.69, 9.17) is 0 Å². The van der Waals surface area contributed by atoms with E-state index in [2.05, 4.69) is 10.6 Å². The maximum Gasteiger partial charge on any atom is 0.416 e. The van der Waals surface area contributed by atoms with Crippen molar-refractivity contribution in [1.29, 1.82) is 0 Å². The molecule has 2 aromatic carbocycles. The Morgan fingerprint density at radius 1 is 0.955 bits per heavy atom. The van der Waals surface area contributed by atoms with Crippen molar-refractivity contribution < 1.29 is 18.0 Å². The molecular formula is C16H15F3N2O. The number of aryl methyl sites for hydroxylation is 1. The zero-order valence-electron chi connectivity index (χ0n) is 11.9. The van der Waals surface area contributed by atoms with Gasteiger partial charge in [-0.1, -0.05) is 17.7 Å². The standard InChI is InChI=1S/C16H15F3N2O/c1-11-2-6-14(7-3-11)21-15(22)10-20-13-8-4-12(5-9-13)16(17,18)19/h2-9,20H,10H2,1H3,(H,21,22). The molecule has 0 aliphatic heterocycles. The Labute approximate surface area is 126 Å². The van der Waals surface area contributed by atoms with E-state index in [1.54, 1.807) is 12.1 Å². The number of hydrogen-bond donors (Lipinski definition) is 2. The second-order valence-corrected chi connectivity index (χ2v) is 4.84. The molecule has 0 bridgehead atoms. The third kappa shape index (κ3) is 4.51. The summed E-state index contributed by atoms with van der Waals surface area (Å²) in [5, 5.41) is 5.47. The van der Waals surface area contributed by atoms with Crippen LogP contribution in [-0.4, -0.2) is 12.5 Å². The van der Waals surface area contributed by atoms with Gasteiger partial charge in [0.15, 0.2) is 0 Å². The second kappa shape index (κ2) is 6.51. The quantitative estimate of drug-likeness (QED) is 0.894. The molecule has 116 valence electrons. The Bertz CT molecular complexity index is 634. The Hall–Kier alpha value is -2.50. The Morgan fingerprint density at radius 3 is 2.05 bits per heavy atom. The molecule has 0 heterocycles. The number of rotatable bonds is 4. The predicted molar refractivity (Wildman–Crippen MR) is 79.7 cm³/mol. The van der Waals surface area contributed by atoms with Gasteiger partial charge in [0.25, 0.3) is 0 Å². The molecule has 0 spiro atoms. The molecule has 1 amide bonds. The number of alkyl halides is 3. The summed E-state index contributed by atoms with van der Waals surface area (Å²) in [7, 11) is 0. The van der Waals surface area contributed by atoms with Crippen LogP contribution in [0.1, 0.15) is 11.1 Å². The highest BCUT2D eigenvalue weighted by Crippen LogP contribution is 2.29. The van der Waals surface area contributed by atoms with Crippen LogP contribution in [0.25, 0.3) is 0 Å². The first-order valence-electron chi connectivity index (χ1n) is 6.62. The van der Waals surface area contributed by atoms with Crippen molar-refractivity contribution >= 4 is 17.3 Å². The maximum absolute atomic E-state index is 12.4. The summed E-state index contributed by atoms with van der Waals surface area (Å²) in [6.45, 7) is 1.91. The Morgan fingerprint density at radius 2 is 1.50 bits per heavy atom. The molecule has 0 unspecified atom stereocenters. The summed E-state index contributed by atoms with van der Waals surface area (Å²) >= 11 is 0. The molecule has 0 aromatic heterocycles. The van der Waals surface area contributed by atoms with Crippen LogP contribution in [0, 0.1) is 6.92 Å². The highest BCUT2D eigenvalue weighted by atomic mass is 19.4. The highest BCUT2D eigenvalue weighted by Gasteiger charge is 2.29. The molecule has 0 saturated carbocycles. The molecule has 0 atom stereocenters. The summed E-state index contributed by atoms with van der Waals surface area (Å²) in [6.07, 6.45) is -4.36. The van der Waals surface area contributed by atoms with Crippen molar-refractivity contribution in [2.45, 2.75) is 13.1 Å². The lowest BCUT2D eigenvalue weighted by Crippen LogP contribution is -2.21. The zero-order chi connectivity index (χ0) is 16.2. The number of anilines is 2. The minimum absolute atomic E-state index is 0.0285. The smallest absolute Gasteiger partial charge is 0.376 e. The van der Waals surface area contributed by atoms with Gasteiger partial charge in [0.1, 0.15) is 0 Å². The number of hydrogen-bond acceptors (Lipinski definition) is 2. The molecule has 2 aromatic rings. The molecule has 0 radical (unpaired) electrons. The highest BCUT2D eigenvalue weighted by molar-refractivity contribution is 5.93. The van der Waals surface area contributed by atoms with Crippen LogP contribution >= 0.6 is 0 Å². The van der Waals surface area contributed by atoms with E-state index in [-0.39, 0.29) is 12.5 Å². The normalized spacial score (nSPS) is 11.1. The van der Waals surface area contributed by atoms with Gasteiger partial charge in [-0.3, -0.25) is 4.79 Å². The lowest BCUT2D eigenvalue weighted by Gasteiger charge is -2.10. The molecule has 0 aliphatic rings. The molecule has 2 rings (SSSR count). The fourth-order valence-electron chi connectivity index (χ4n) is 1.80. The van der Waals surface area contributed by atoms with Crippen molar-refractivity contribution in [1.82, 2.24) is 0 Å². The molecule has 22 heavy (non-hydrogen) atoms.